The van der Waals surface area contributed by atoms with E-state index in [1.54, 1.807) is 30.5 Å². The van der Waals surface area contributed by atoms with Gasteiger partial charge in [-0.25, -0.2) is 18.2 Å². The number of aromatic nitrogens is 1. The van der Waals surface area contributed by atoms with Gasteiger partial charge in [0.15, 0.2) is 15.9 Å². The van der Waals surface area contributed by atoms with Crippen LogP contribution in [0.1, 0.15) is 5.56 Å². The normalized spacial score (nSPS) is 14.3. The van der Waals surface area contributed by atoms with Gasteiger partial charge in [-0.3, -0.25) is 0 Å². The van der Waals surface area contributed by atoms with E-state index in [-0.39, 0.29) is 23.4 Å². The van der Waals surface area contributed by atoms with Crippen LogP contribution in [0.25, 0.3) is 0 Å². The van der Waals surface area contributed by atoms with Crippen LogP contribution < -0.4 is 10.1 Å². The number of sulfone groups is 1. The third-order valence-electron chi connectivity index (χ3n) is 3.60. The molecule has 2 aromatic rings. The Bertz CT molecular complexity index is 896. The zero-order valence-electron chi connectivity index (χ0n) is 14.0. The average molecular weight is 378 g/mol. The Hall–Kier alpha value is -2.65. The summed E-state index contributed by atoms with van der Waals surface area (Å²) in [6.07, 6.45) is 1.91. The van der Waals surface area contributed by atoms with Gasteiger partial charge in [-0.05, 0) is 24.3 Å². The molecule has 1 aliphatic rings. The van der Waals surface area contributed by atoms with Gasteiger partial charge < -0.3 is 19.5 Å². The van der Waals surface area contributed by atoms with E-state index in [0.717, 1.165) is 6.26 Å². The summed E-state index contributed by atoms with van der Waals surface area (Å²) in [5, 5.41) is 2.63. The number of alkyl carbamates (subject to hydrolysis) is 1. The third-order valence-corrected chi connectivity index (χ3v) is 4.71. The van der Waals surface area contributed by atoms with Crippen molar-refractivity contribution in [1.82, 2.24) is 10.3 Å². The molecule has 1 aliphatic heterocycles. The lowest BCUT2D eigenvalue weighted by atomic mass is 10.2. The number of rotatable bonds is 6. The summed E-state index contributed by atoms with van der Waals surface area (Å²) in [4.78, 5) is 16.0. The number of hydrogen-bond acceptors (Lipinski definition) is 7. The van der Waals surface area contributed by atoms with Gasteiger partial charge in [-0.15, -0.1) is 0 Å². The van der Waals surface area contributed by atoms with E-state index >= 15 is 0 Å². The van der Waals surface area contributed by atoms with Gasteiger partial charge in [0.1, 0.15) is 5.75 Å². The topological polar surface area (TPSA) is 104 Å². The highest BCUT2D eigenvalue weighted by atomic mass is 32.2. The van der Waals surface area contributed by atoms with Crippen molar-refractivity contribution in [2.24, 2.45) is 0 Å². The molecule has 2 heterocycles. The van der Waals surface area contributed by atoms with Crippen molar-refractivity contribution < 1.29 is 27.4 Å². The predicted octanol–water partition coefficient (Wildman–Crippen LogP) is 1.90. The summed E-state index contributed by atoms with van der Waals surface area (Å²) in [6, 6.07) is 9.59. The maximum Gasteiger partial charge on any atom is 0.407 e. The Morgan fingerprint density at radius 2 is 2.12 bits per heavy atom. The number of benzene rings is 1. The quantitative estimate of drug-likeness (QED) is 0.819. The molecule has 0 saturated carbocycles. The van der Waals surface area contributed by atoms with E-state index in [9.17, 15) is 13.2 Å². The number of hydrogen-bond donors (Lipinski definition) is 1. The van der Waals surface area contributed by atoms with Crippen molar-refractivity contribution in [3.8, 4) is 11.6 Å². The van der Waals surface area contributed by atoms with Gasteiger partial charge in [0, 0.05) is 18.0 Å². The number of carbonyl (C=O) groups is 1. The number of ether oxygens (including phenoxy) is 3. The Balaban J connectivity index is 1.68. The lowest BCUT2D eigenvalue weighted by Crippen LogP contribution is -2.40. The second-order valence-corrected chi connectivity index (χ2v) is 7.75. The highest BCUT2D eigenvalue weighted by Gasteiger charge is 2.22. The van der Waals surface area contributed by atoms with E-state index in [4.69, 9.17) is 14.2 Å². The fraction of sp³-hybridized carbons (Fsp3) is 0.294. The molecular formula is C17H18N2O6S. The minimum atomic E-state index is -3.34. The predicted molar refractivity (Wildman–Crippen MR) is 91.8 cm³/mol. The monoisotopic (exact) mass is 378 g/mol. The smallest absolute Gasteiger partial charge is 0.407 e. The number of pyridine rings is 1. The minimum absolute atomic E-state index is 0.150. The third kappa shape index (κ3) is 4.70. The molecular weight excluding hydrogens is 360 g/mol. The number of nitrogens with zero attached hydrogens (tertiary/aromatic N) is 1. The first kappa shape index (κ1) is 18.2. The lowest BCUT2D eigenvalue weighted by Gasteiger charge is -2.25. The molecule has 1 aromatic heterocycles. The molecule has 0 spiro atoms. The van der Waals surface area contributed by atoms with Gasteiger partial charge in [0.25, 0.3) is 0 Å². The van der Waals surface area contributed by atoms with E-state index < -0.39 is 15.9 Å². The summed E-state index contributed by atoms with van der Waals surface area (Å²) >= 11 is 0. The van der Waals surface area contributed by atoms with Crippen LogP contribution >= 0.6 is 0 Å². The number of carbonyl (C=O) groups excluding carboxylic acids is 1. The Labute approximate surface area is 151 Å². The lowest BCUT2D eigenvalue weighted by molar-refractivity contribution is -0.0980. The van der Waals surface area contributed by atoms with Gasteiger partial charge >= 0.3 is 6.09 Å². The molecule has 1 saturated heterocycles. The molecule has 3 rings (SSSR count). The molecule has 1 amide bonds. The Morgan fingerprint density at radius 1 is 1.31 bits per heavy atom. The molecule has 1 N–H and O–H groups in total. The molecule has 26 heavy (non-hydrogen) atoms. The fourth-order valence-corrected chi connectivity index (χ4v) is 2.83. The van der Waals surface area contributed by atoms with Crippen LogP contribution in [0.4, 0.5) is 4.79 Å². The van der Waals surface area contributed by atoms with Crippen LogP contribution in [0.3, 0.4) is 0 Å². The summed E-state index contributed by atoms with van der Waals surface area (Å²) in [6.45, 7) is 0.970. The first-order valence-electron chi connectivity index (χ1n) is 7.86. The molecule has 9 heteroatoms. The molecule has 8 nitrogen and oxygen atoms in total. The largest absolute Gasteiger partial charge is 0.441 e. The maximum atomic E-state index is 11.7. The second-order valence-electron chi connectivity index (χ2n) is 5.74. The maximum absolute atomic E-state index is 11.7. The van der Waals surface area contributed by atoms with Crippen LogP contribution in [0, 0.1) is 0 Å². The number of amides is 1. The zero-order chi connectivity index (χ0) is 18.6. The van der Waals surface area contributed by atoms with Gasteiger partial charge in [0.2, 0.25) is 5.88 Å². The van der Waals surface area contributed by atoms with Crippen LogP contribution in [0.5, 0.6) is 11.6 Å². The number of nitrogens with one attached hydrogen (secondary N) is 1. The van der Waals surface area contributed by atoms with Crippen molar-refractivity contribution in [3.05, 3.63) is 48.2 Å². The molecule has 0 unspecified atom stereocenters. The standard InChI is InChI=1S/C17H18N2O6S/c1-26(21,22)15-6-2-5-13(8-15)24-16-12(4-3-7-18-16)9-19-17(20)25-14-10-23-11-14/h2-8,14H,9-11H2,1H3,(H,19,20). The van der Waals surface area contributed by atoms with Crippen molar-refractivity contribution in [2.75, 3.05) is 19.5 Å². The van der Waals surface area contributed by atoms with Crippen LogP contribution in [0.2, 0.25) is 0 Å². The molecule has 0 aliphatic carbocycles. The Kier molecular flexibility index (Phi) is 5.38. The van der Waals surface area contributed by atoms with E-state index in [1.165, 1.54) is 12.1 Å². The van der Waals surface area contributed by atoms with Crippen molar-refractivity contribution in [3.63, 3.8) is 0 Å². The van der Waals surface area contributed by atoms with Crippen molar-refractivity contribution >= 4 is 15.9 Å². The summed E-state index contributed by atoms with van der Waals surface area (Å²) in [7, 11) is -3.34. The Morgan fingerprint density at radius 3 is 2.81 bits per heavy atom. The SMILES string of the molecule is CS(=O)(=O)c1cccc(Oc2ncccc2CNC(=O)OC2COC2)c1. The minimum Gasteiger partial charge on any atom is -0.441 e. The van der Waals surface area contributed by atoms with Crippen LogP contribution in [-0.4, -0.2) is 45.1 Å². The van der Waals surface area contributed by atoms with E-state index in [2.05, 4.69) is 10.3 Å². The molecule has 1 fully saturated rings. The zero-order valence-corrected chi connectivity index (χ0v) is 14.9. The van der Waals surface area contributed by atoms with Gasteiger partial charge in [0.05, 0.1) is 24.7 Å². The van der Waals surface area contributed by atoms with E-state index in [1.807, 2.05) is 0 Å². The molecule has 0 atom stereocenters. The molecule has 0 bridgehead atoms. The van der Waals surface area contributed by atoms with Crippen molar-refractivity contribution in [2.45, 2.75) is 17.5 Å². The molecule has 0 radical (unpaired) electrons. The van der Waals surface area contributed by atoms with E-state index in [0.29, 0.717) is 24.5 Å². The average Bonchev–Trinajstić information content (AvgIpc) is 2.57. The fourth-order valence-electron chi connectivity index (χ4n) is 2.17. The van der Waals surface area contributed by atoms with Gasteiger partial charge in [-0.1, -0.05) is 12.1 Å². The highest BCUT2D eigenvalue weighted by molar-refractivity contribution is 7.90. The summed E-state index contributed by atoms with van der Waals surface area (Å²) in [5.74, 6) is 0.604. The molecule has 138 valence electrons. The van der Waals surface area contributed by atoms with Crippen LogP contribution in [0.15, 0.2) is 47.5 Å². The molecule has 1 aromatic carbocycles. The highest BCUT2D eigenvalue weighted by Crippen LogP contribution is 2.25. The summed E-state index contributed by atoms with van der Waals surface area (Å²) in [5.41, 5.74) is 0.624. The summed E-state index contributed by atoms with van der Waals surface area (Å²) < 4.78 is 39.1. The first-order chi connectivity index (χ1) is 12.4. The second kappa shape index (κ2) is 7.71. The van der Waals surface area contributed by atoms with Crippen LogP contribution in [-0.2, 0) is 25.9 Å². The van der Waals surface area contributed by atoms with Crippen molar-refractivity contribution in [1.29, 1.82) is 0 Å². The first-order valence-corrected chi connectivity index (χ1v) is 9.75. The van der Waals surface area contributed by atoms with Gasteiger partial charge in [-0.2, -0.15) is 0 Å².